The van der Waals surface area contributed by atoms with Crippen LogP contribution in [0, 0.1) is 5.41 Å². The van der Waals surface area contributed by atoms with E-state index >= 15 is 0 Å². The Kier molecular flexibility index (Phi) is 9.67. The van der Waals surface area contributed by atoms with Gasteiger partial charge in [-0.05, 0) is 25.3 Å². The molecule has 0 fully saturated rings. The second kappa shape index (κ2) is 9.73. The van der Waals surface area contributed by atoms with Gasteiger partial charge in [-0.15, -0.1) is 0 Å². The zero-order valence-corrected chi connectivity index (χ0v) is 14.3. The Morgan fingerprint density at radius 1 is 1.21 bits per heavy atom. The van der Waals surface area contributed by atoms with Gasteiger partial charge < -0.3 is 10.1 Å². The number of ether oxygens (including phenoxy) is 1. The Balaban J connectivity index is 4.58. The van der Waals surface area contributed by atoms with E-state index in [2.05, 4.69) is 51.8 Å². The van der Waals surface area contributed by atoms with E-state index in [9.17, 15) is 0 Å². The van der Waals surface area contributed by atoms with Crippen molar-refractivity contribution in [1.82, 2.24) is 10.2 Å². The van der Waals surface area contributed by atoms with Crippen LogP contribution in [0.3, 0.4) is 0 Å². The summed E-state index contributed by atoms with van der Waals surface area (Å²) in [7, 11) is 1.79. The Labute approximate surface area is 121 Å². The van der Waals surface area contributed by atoms with Crippen LogP contribution in [0.15, 0.2) is 0 Å². The third-order valence-electron chi connectivity index (χ3n) is 3.81. The molecule has 0 rings (SSSR count). The molecule has 0 saturated heterocycles. The summed E-state index contributed by atoms with van der Waals surface area (Å²) in [6, 6.07) is 1.05. The molecule has 0 aliphatic carbocycles. The highest BCUT2D eigenvalue weighted by molar-refractivity contribution is 4.83. The summed E-state index contributed by atoms with van der Waals surface area (Å²) in [5, 5.41) is 3.61. The number of rotatable bonds is 11. The lowest BCUT2D eigenvalue weighted by Crippen LogP contribution is -2.47. The lowest BCUT2D eigenvalue weighted by atomic mass is 9.84. The summed E-state index contributed by atoms with van der Waals surface area (Å²) in [4.78, 5) is 2.54. The summed E-state index contributed by atoms with van der Waals surface area (Å²) in [5.41, 5.74) is 0.344. The number of methoxy groups -OCH3 is 1. The average molecular weight is 272 g/mol. The van der Waals surface area contributed by atoms with E-state index < -0.39 is 0 Å². The van der Waals surface area contributed by atoms with Crippen LogP contribution in [0.2, 0.25) is 0 Å². The van der Waals surface area contributed by atoms with Gasteiger partial charge in [-0.2, -0.15) is 0 Å². The van der Waals surface area contributed by atoms with Crippen molar-refractivity contribution in [3.63, 3.8) is 0 Å². The Bertz CT molecular complexity index is 221. The molecule has 0 aromatic rings. The van der Waals surface area contributed by atoms with Gasteiger partial charge in [0, 0.05) is 32.3 Å². The van der Waals surface area contributed by atoms with E-state index in [-0.39, 0.29) is 0 Å². The summed E-state index contributed by atoms with van der Waals surface area (Å²) in [5.74, 6) is 0. The predicted octanol–water partition coefficient (Wildman–Crippen LogP) is 3.15. The molecule has 0 aliphatic heterocycles. The third-order valence-corrected chi connectivity index (χ3v) is 3.81. The molecule has 3 heteroatoms. The molecule has 0 spiro atoms. The minimum absolute atomic E-state index is 0.344. The number of hydrogen-bond donors (Lipinski definition) is 1. The smallest absolute Gasteiger partial charge is 0.0615 e. The maximum absolute atomic E-state index is 5.30. The van der Waals surface area contributed by atoms with Crippen LogP contribution in [0.4, 0.5) is 0 Å². The van der Waals surface area contributed by atoms with Gasteiger partial charge in [0.25, 0.3) is 0 Å². The first-order valence-corrected chi connectivity index (χ1v) is 7.84. The van der Waals surface area contributed by atoms with E-state index in [0.29, 0.717) is 17.5 Å². The van der Waals surface area contributed by atoms with E-state index in [1.54, 1.807) is 7.11 Å². The molecule has 0 aliphatic rings. The Hall–Kier alpha value is -0.120. The minimum atomic E-state index is 0.344. The molecular formula is C16H36N2O. The SMILES string of the molecule is CCCC(C)(CNC(C)C)CN(CC)C(C)COC. The van der Waals surface area contributed by atoms with Crippen molar-refractivity contribution in [3.8, 4) is 0 Å². The van der Waals surface area contributed by atoms with Crippen molar-refractivity contribution in [2.24, 2.45) is 5.41 Å². The second-order valence-electron chi connectivity index (χ2n) is 6.46. The fourth-order valence-electron chi connectivity index (χ4n) is 2.69. The Morgan fingerprint density at radius 3 is 2.26 bits per heavy atom. The van der Waals surface area contributed by atoms with Crippen molar-refractivity contribution >= 4 is 0 Å². The fourth-order valence-corrected chi connectivity index (χ4v) is 2.69. The molecule has 0 amide bonds. The van der Waals surface area contributed by atoms with Crippen molar-refractivity contribution in [1.29, 1.82) is 0 Å². The zero-order chi connectivity index (χ0) is 14.9. The Morgan fingerprint density at radius 2 is 1.84 bits per heavy atom. The van der Waals surface area contributed by atoms with Crippen molar-refractivity contribution in [2.75, 3.05) is 33.4 Å². The molecule has 19 heavy (non-hydrogen) atoms. The van der Waals surface area contributed by atoms with Gasteiger partial charge in [0.2, 0.25) is 0 Å². The van der Waals surface area contributed by atoms with Crippen molar-refractivity contribution in [2.45, 2.75) is 66.5 Å². The molecule has 2 unspecified atom stereocenters. The summed E-state index contributed by atoms with van der Waals surface area (Å²) in [6.07, 6.45) is 2.51. The van der Waals surface area contributed by atoms with Gasteiger partial charge in [0.15, 0.2) is 0 Å². The molecule has 2 atom stereocenters. The number of hydrogen-bond acceptors (Lipinski definition) is 3. The van der Waals surface area contributed by atoms with Crippen LogP contribution in [0.25, 0.3) is 0 Å². The lowest BCUT2D eigenvalue weighted by Gasteiger charge is -2.38. The summed E-state index contributed by atoms with van der Waals surface area (Å²) in [6.45, 7) is 17.8. The highest BCUT2D eigenvalue weighted by Crippen LogP contribution is 2.25. The van der Waals surface area contributed by atoms with E-state index in [4.69, 9.17) is 4.74 Å². The maximum atomic E-state index is 5.30. The average Bonchev–Trinajstić information content (AvgIpc) is 2.34. The van der Waals surface area contributed by atoms with Crippen LogP contribution in [-0.4, -0.2) is 50.3 Å². The summed E-state index contributed by atoms with van der Waals surface area (Å²) >= 11 is 0. The minimum Gasteiger partial charge on any atom is -0.383 e. The molecular weight excluding hydrogens is 236 g/mol. The molecule has 1 N–H and O–H groups in total. The number of nitrogens with zero attached hydrogens (tertiary/aromatic N) is 1. The molecule has 0 bridgehead atoms. The molecule has 0 aromatic heterocycles. The molecule has 0 radical (unpaired) electrons. The maximum Gasteiger partial charge on any atom is 0.0615 e. The quantitative estimate of drug-likeness (QED) is 0.625. The third kappa shape index (κ3) is 7.91. The molecule has 0 aromatic carbocycles. The zero-order valence-electron chi connectivity index (χ0n) is 14.3. The van der Waals surface area contributed by atoms with Gasteiger partial charge in [-0.3, -0.25) is 4.90 Å². The first-order valence-electron chi connectivity index (χ1n) is 7.84. The highest BCUT2D eigenvalue weighted by atomic mass is 16.5. The lowest BCUT2D eigenvalue weighted by molar-refractivity contribution is 0.0666. The van der Waals surface area contributed by atoms with E-state index in [1.165, 1.54) is 12.8 Å². The highest BCUT2D eigenvalue weighted by Gasteiger charge is 2.27. The summed E-state index contributed by atoms with van der Waals surface area (Å²) < 4.78 is 5.30. The fraction of sp³-hybridized carbons (Fsp3) is 1.00. The second-order valence-corrected chi connectivity index (χ2v) is 6.46. The normalized spacial score (nSPS) is 16.9. The topological polar surface area (TPSA) is 24.5 Å². The van der Waals surface area contributed by atoms with Crippen molar-refractivity contribution in [3.05, 3.63) is 0 Å². The molecule has 0 heterocycles. The van der Waals surface area contributed by atoms with Crippen LogP contribution < -0.4 is 5.32 Å². The van der Waals surface area contributed by atoms with Gasteiger partial charge >= 0.3 is 0 Å². The van der Waals surface area contributed by atoms with E-state index in [0.717, 1.165) is 26.2 Å². The standard InChI is InChI=1S/C16H36N2O/c1-8-10-16(6,12-17-14(3)4)13-18(9-2)15(5)11-19-7/h14-15,17H,8-13H2,1-7H3. The number of likely N-dealkylation sites (N-methyl/N-ethyl adjacent to an activating group) is 1. The molecule has 116 valence electrons. The predicted molar refractivity (Wildman–Crippen MR) is 84.7 cm³/mol. The first-order chi connectivity index (χ1) is 8.88. The molecule has 3 nitrogen and oxygen atoms in total. The van der Waals surface area contributed by atoms with E-state index in [1.807, 2.05) is 0 Å². The van der Waals surface area contributed by atoms with Crippen LogP contribution in [0.1, 0.15) is 54.4 Å². The monoisotopic (exact) mass is 272 g/mol. The van der Waals surface area contributed by atoms with Gasteiger partial charge in [0.05, 0.1) is 6.61 Å². The van der Waals surface area contributed by atoms with Crippen LogP contribution >= 0.6 is 0 Å². The largest absolute Gasteiger partial charge is 0.383 e. The molecule has 0 saturated carbocycles. The van der Waals surface area contributed by atoms with Crippen LogP contribution in [-0.2, 0) is 4.74 Å². The first kappa shape index (κ1) is 18.9. The van der Waals surface area contributed by atoms with Gasteiger partial charge in [0.1, 0.15) is 0 Å². The van der Waals surface area contributed by atoms with Crippen molar-refractivity contribution < 1.29 is 4.74 Å². The van der Waals surface area contributed by atoms with Crippen LogP contribution in [0.5, 0.6) is 0 Å². The van der Waals surface area contributed by atoms with Gasteiger partial charge in [-0.25, -0.2) is 0 Å². The van der Waals surface area contributed by atoms with Gasteiger partial charge in [-0.1, -0.05) is 41.0 Å². The number of nitrogens with one attached hydrogen (secondary N) is 1.